The van der Waals surface area contributed by atoms with Crippen molar-refractivity contribution in [3.63, 3.8) is 0 Å². The van der Waals surface area contributed by atoms with Crippen LogP contribution in [0, 0.1) is 12.3 Å². The fourth-order valence-corrected chi connectivity index (χ4v) is 0.951. The summed E-state index contributed by atoms with van der Waals surface area (Å²) in [6.45, 7) is 0. The zero-order valence-electron chi connectivity index (χ0n) is 5.30. The fraction of sp³-hybridized carbons (Fsp3) is 0.500. The maximum Gasteiger partial charge on any atom is 0.0578 e. The summed E-state index contributed by atoms with van der Waals surface area (Å²) in [5, 5.41) is 9.01. The van der Waals surface area contributed by atoms with E-state index in [2.05, 4.69) is 5.92 Å². The molecule has 0 fully saturated rings. The number of rotatable bonds is 0. The normalized spacial score (nSPS) is 26.7. The molecule has 9 heavy (non-hydrogen) atoms. The zero-order chi connectivity index (χ0) is 6.69. The first-order valence-corrected chi connectivity index (χ1v) is 3.16. The van der Waals surface area contributed by atoms with Gasteiger partial charge >= 0.3 is 0 Å². The van der Waals surface area contributed by atoms with E-state index < -0.39 is 0 Å². The number of hydrogen-bond acceptors (Lipinski definition) is 1. The van der Waals surface area contributed by atoms with Gasteiger partial charge in [0.25, 0.3) is 0 Å². The van der Waals surface area contributed by atoms with Crippen molar-refractivity contribution in [3.05, 3.63) is 11.6 Å². The third-order valence-electron chi connectivity index (χ3n) is 1.57. The first-order chi connectivity index (χ1) is 4.33. The van der Waals surface area contributed by atoms with E-state index in [1.807, 2.05) is 6.08 Å². The third kappa shape index (κ3) is 1.58. The number of allylic oxidation sites excluding steroid dienone is 1. The molecule has 1 aliphatic carbocycles. The van der Waals surface area contributed by atoms with Gasteiger partial charge < -0.3 is 5.11 Å². The van der Waals surface area contributed by atoms with Crippen LogP contribution in [0.2, 0.25) is 0 Å². The highest BCUT2D eigenvalue weighted by Crippen LogP contribution is 2.16. The molecule has 1 nitrogen and oxygen atoms in total. The summed E-state index contributed by atoms with van der Waals surface area (Å²) in [5.74, 6) is 2.57. The van der Waals surface area contributed by atoms with E-state index in [-0.39, 0.29) is 6.10 Å². The van der Waals surface area contributed by atoms with Crippen molar-refractivity contribution in [2.24, 2.45) is 0 Å². The molecule has 1 atom stereocenters. The number of aliphatic hydroxyl groups excluding tert-OH is 1. The summed E-state index contributed by atoms with van der Waals surface area (Å²) in [6, 6.07) is 0. The molecule has 48 valence electrons. The molecule has 0 aliphatic heterocycles. The largest absolute Gasteiger partial charge is 0.393 e. The lowest BCUT2D eigenvalue weighted by Gasteiger charge is -2.12. The Kier molecular flexibility index (Phi) is 1.92. The van der Waals surface area contributed by atoms with Crippen LogP contribution in [0.15, 0.2) is 11.6 Å². The minimum atomic E-state index is -0.151. The summed E-state index contributed by atoms with van der Waals surface area (Å²) in [5.41, 5.74) is 1.04. The minimum absolute atomic E-state index is 0.151. The van der Waals surface area contributed by atoms with Crippen LogP contribution in [-0.2, 0) is 0 Å². The molecule has 1 N–H and O–H groups in total. The third-order valence-corrected chi connectivity index (χ3v) is 1.57. The predicted molar refractivity (Wildman–Crippen MR) is 36.8 cm³/mol. The lowest BCUT2D eigenvalue weighted by molar-refractivity contribution is 0.163. The first kappa shape index (κ1) is 6.38. The van der Waals surface area contributed by atoms with Gasteiger partial charge in [-0.2, -0.15) is 0 Å². The Bertz CT molecular complexity index is 162. The number of terminal acetylenes is 1. The van der Waals surface area contributed by atoms with Crippen LogP contribution in [0.25, 0.3) is 0 Å². The van der Waals surface area contributed by atoms with E-state index in [4.69, 9.17) is 11.5 Å². The molecule has 0 aromatic rings. The highest BCUT2D eigenvalue weighted by Gasteiger charge is 2.08. The van der Waals surface area contributed by atoms with Gasteiger partial charge in [0, 0.05) is 0 Å². The van der Waals surface area contributed by atoms with Gasteiger partial charge in [0.1, 0.15) is 0 Å². The molecule has 0 heterocycles. The summed E-state index contributed by atoms with van der Waals surface area (Å²) < 4.78 is 0. The standard InChI is InChI=1S/C8H10O/c1-2-7-3-5-8(9)6-4-7/h1,3,8-9H,4-6H2. The quantitative estimate of drug-likeness (QED) is 0.477. The van der Waals surface area contributed by atoms with Gasteiger partial charge in [-0.25, -0.2) is 0 Å². The van der Waals surface area contributed by atoms with Crippen LogP contribution in [0.1, 0.15) is 19.3 Å². The minimum Gasteiger partial charge on any atom is -0.393 e. The molecule has 1 heteroatoms. The van der Waals surface area contributed by atoms with E-state index in [9.17, 15) is 0 Å². The Morgan fingerprint density at radius 1 is 1.78 bits per heavy atom. The second-order valence-electron chi connectivity index (χ2n) is 2.30. The van der Waals surface area contributed by atoms with Crippen molar-refractivity contribution in [1.82, 2.24) is 0 Å². The Morgan fingerprint density at radius 3 is 3.00 bits per heavy atom. The molecule has 0 aromatic heterocycles. The van der Waals surface area contributed by atoms with Crippen LogP contribution in [-0.4, -0.2) is 11.2 Å². The number of hydrogen-bond donors (Lipinski definition) is 1. The second kappa shape index (κ2) is 2.70. The van der Waals surface area contributed by atoms with Gasteiger partial charge in [0.15, 0.2) is 0 Å². The van der Waals surface area contributed by atoms with Crippen molar-refractivity contribution in [2.75, 3.05) is 0 Å². The van der Waals surface area contributed by atoms with E-state index in [0.717, 1.165) is 24.8 Å². The smallest absolute Gasteiger partial charge is 0.0578 e. The first-order valence-electron chi connectivity index (χ1n) is 3.16. The molecule has 0 aromatic carbocycles. The summed E-state index contributed by atoms with van der Waals surface area (Å²) in [6.07, 6.45) is 9.37. The summed E-state index contributed by atoms with van der Waals surface area (Å²) in [7, 11) is 0. The molecule has 0 radical (unpaired) electrons. The van der Waals surface area contributed by atoms with Gasteiger partial charge in [-0.3, -0.25) is 0 Å². The molecule has 1 aliphatic rings. The molecule has 1 unspecified atom stereocenters. The van der Waals surface area contributed by atoms with Gasteiger partial charge in [0.05, 0.1) is 6.10 Å². The zero-order valence-corrected chi connectivity index (χ0v) is 5.30. The molecular weight excluding hydrogens is 112 g/mol. The fourth-order valence-electron chi connectivity index (χ4n) is 0.951. The van der Waals surface area contributed by atoms with Crippen molar-refractivity contribution in [2.45, 2.75) is 25.4 Å². The Morgan fingerprint density at radius 2 is 2.56 bits per heavy atom. The van der Waals surface area contributed by atoms with Gasteiger partial charge in [-0.1, -0.05) is 12.0 Å². The lowest BCUT2D eigenvalue weighted by atomic mass is 9.98. The van der Waals surface area contributed by atoms with Crippen molar-refractivity contribution in [3.8, 4) is 12.3 Å². The lowest BCUT2D eigenvalue weighted by Crippen LogP contribution is -2.09. The maximum atomic E-state index is 9.01. The van der Waals surface area contributed by atoms with E-state index >= 15 is 0 Å². The predicted octanol–water partition coefficient (Wildman–Crippen LogP) is 1.09. The molecule has 1 rings (SSSR count). The van der Waals surface area contributed by atoms with E-state index in [1.165, 1.54) is 0 Å². The van der Waals surface area contributed by atoms with Gasteiger partial charge in [-0.05, 0) is 24.8 Å². The summed E-state index contributed by atoms with van der Waals surface area (Å²) >= 11 is 0. The Balaban J connectivity index is 2.53. The van der Waals surface area contributed by atoms with E-state index in [1.54, 1.807) is 0 Å². The monoisotopic (exact) mass is 122 g/mol. The van der Waals surface area contributed by atoms with Crippen molar-refractivity contribution < 1.29 is 5.11 Å². The molecule has 0 spiro atoms. The molecule has 0 bridgehead atoms. The van der Waals surface area contributed by atoms with Crippen LogP contribution >= 0.6 is 0 Å². The van der Waals surface area contributed by atoms with Gasteiger partial charge in [-0.15, -0.1) is 6.42 Å². The molecule has 0 amide bonds. The van der Waals surface area contributed by atoms with Crippen LogP contribution in [0.3, 0.4) is 0 Å². The topological polar surface area (TPSA) is 20.2 Å². The second-order valence-corrected chi connectivity index (χ2v) is 2.30. The van der Waals surface area contributed by atoms with Gasteiger partial charge in [0.2, 0.25) is 0 Å². The highest BCUT2D eigenvalue weighted by atomic mass is 16.3. The van der Waals surface area contributed by atoms with Crippen molar-refractivity contribution in [1.29, 1.82) is 0 Å². The number of aliphatic hydroxyl groups is 1. The molecule has 0 saturated carbocycles. The maximum absolute atomic E-state index is 9.01. The molecular formula is C8H10O. The highest BCUT2D eigenvalue weighted by molar-refractivity contribution is 5.26. The van der Waals surface area contributed by atoms with Crippen LogP contribution in [0.5, 0.6) is 0 Å². The average Bonchev–Trinajstić information content (AvgIpc) is 1.90. The molecule has 0 saturated heterocycles. The summed E-state index contributed by atoms with van der Waals surface area (Å²) in [4.78, 5) is 0. The van der Waals surface area contributed by atoms with Crippen molar-refractivity contribution >= 4 is 0 Å². The van der Waals surface area contributed by atoms with E-state index in [0.29, 0.717) is 0 Å². The Hall–Kier alpha value is -0.740. The average molecular weight is 122 g/mol. The van der Waals surface area contributed by atoms with Crippen LogP contribution in [0.4, 0.5) is 0 Å². The van der Waals surface area contributed by atoms with Crippen LogP contribution < -0.4 is 0 Å². The Labute approximate surface area is 55.4 Å². The SMILES string of the molecule is C#CC1=CCC(O)CC1.